The van der Waals surface area contributed by atoms with E-state index in [0.717, 1.165) is 23.1 Å². The zero-order valence-corrected chi connectivity index (χ0v) is 28.4. The molecule has 0 heterocycles. The summed E-state index contributed by atoms with van der Waals surface area (Å²) in [6.45, 7) is 15.6. The van der Waals surface area contributed by atoms with Gasteiger partial charge in [-0.1, -0.05) is 37.6 Å². The number of amides is 3. The number of carbonyl (C=O) groups excluding carboxylic acids is 3. The third-order valence-electron chi connectivity index (χ3n) is 7.09. The molecular weight excluding hydrogens is 562 g/mol. The van der Waals surface area contributed by atoms with Crippen molar-refractivity contribution in [2.45, 2.75) is 98.4 Å². The van der Waals surface area contributed by atoms with Crippen LogP contribution in [0.4, 0.5) is 10.5 Å². The number of hydrogen-bond donors (Lipinski definition) is 2. The Labute approximate surface area is 262 Å². The van der Waals surface area contributed by atoms with E-state index in [1.54, 1.807) is 68.8 Å². The van der Waals surface area contributed by atoms with Crippen LogP contribution in [0.15, 0.2) is 42.5 Å². The Bertz CT molecular complexity index is 1210. The first-order chi connectivity index (χ1) is 20.2. The maximum Gasteiger partial charge on any atom is 0.408 e. The highest BCUT2D eigenvalue weighted by Crippen LogP contribution is 2.31. The molecule has 238 valence electrons. The van der Waals surface area contributed by atoms with Crippen molar-refractivity contribution in [2.24, 2.45) is 5.92 Å². The van der Waals surface area contributed by atoms with Crippen LogP contribution in [-0.4, -0.2) is 59.6 Å². The Morgan fingerprint density at radius 1 is 0.953 bits per heavy atom. The predicted octanol–water partition coefficient (Wildman–Crippen LogP) is 7.29. The van der Waals surface area contributed by atoms with Gasteiger partial charge in [0.25, 0.3) is 5.91 Å². The molecule has 3 unspecified atom stereocenters. The van der Waals surface area contributed by atoms with Crippen LogP contribution in [0.1, 0.15) is 83.5 Å². The summed E-state index contributed by atoms with van der Waals surface area (Å²) in [4.78, 5) is 43.5. The van der Waals surface area contributed by atoms with Crippen LogP contribution in [0.2, 0.25) is 0 Å². The van der Waals surface area contributed by atoms with Gasteiger partial charge in [-0.2, -0.15) is 11.8 Å². The molecule has 43 heavy (non-hydrogen) atoms. The minimum atomic E-state index is -0.936. The summed E-state index contributed by atoms with van der Waals surface area (Å²) in [5, 5.41) is 5.87. The molecule has 3 amide bonds. The van der Waals surface area contributed by atoms with Gasteiger partial charge in [0.05, 0.1) is 7.11 Å². The number of alkyl carbamates (subject to hydrolysis) is 1. The smallest absolute Gasteiger partial charge is 0.408 e. The number of hydrogen-bond acceptors (Lipinski definition) is 6. The van der Waals surface area contributed by atoms with Crippen LogP contribution in [0, 0.1) is 19.8 Å². The lowest BCUT2D eigenvalue weighted by molar-refractivity contribution is -0.143. The molecule has 8 nitrogen and oxygen atoms in total. The van der Waals surface area contributed by atoms with Crippen LogP contribution in [-0.2, 0) is 14.3 Å². The highest BCUT2D eigenvalue weighted by Gasteiger charge is 2.39. The highest BCUT2D eigenvalue weighted by molar-refractivity contribution is 7.98. The molecule has 0 aliphatic carbocycles. The van der Waals surface area contributed by atoms with Crippen molar-refractivity contribution in [2.75, 3.05) is 24.4 Å². The van der Waals surface area contributed by atoms with E-state index in [4.69, 9.17) is 9.47 Å². The van der Waals surface area contributed by atoms with Gasteiger partial charge in [-0.3, -0.25) is 9.59 Å². The van der Waals surface area contributed by atoms with Gasteiger partial charge in [0, 0.05) is 11.7 Å². The van der Waals surface area contributed by atoms with E-state index in [2.05, 4.69) is 24.5 Å². The SMILES string of the molecule is COc1ccc(NC(=O)C(c2ccc(C)cc2C)N(C(=O)C(CCSC)NC(=O)OC(C)(C)C)C(C)CCC(C)C)cc1. The third-order valence-corrected chi connectivity index (χ3v) is 7.74. The number of benzene rings is 2. The summed E-state index contributed by atoms with van der Waals surface area (Å²) < 4.78 is 10.8. The summed E-state index contributed by atoms with van der Waals surface area (Å²) in [6.07, 6.45) is 3.26. The van der Waals surface area contributed by atoms with Crippen molar-refractivity contribution < 1.29 is 23.9 Å². The molecule has 0 aliphatic heterocycles. The Morgan fingerprint density at radius 3 is 2.14 bits per heavy atom. The van der Waals surface area contributed by atoms with Gasteiger partial charge in [0.1, 0.15) is 23.4 Å². The summed E-state index contributed by atoms with van der Waals surface area (Å²) in [5.41, 5.74) is 2.58. The molecule has 0 bridgehead atoms. The van der Waals surface area contributed by atoms with Gasteiger partial charge in [-0.25, -0.2) is 4.79 Å². The van der Waals surface area contributed by atoms with Crippen molar-refractivity contribution in [1.29, 1.82) is 0 Å². The minimum Gasteiger partial charge on any atom is -0.497 e. The molecule has 0 spiro atoms. The lowest BCUT2D eigenvalue weighted by Gasteiger charge is -2.39. The van der Waals surface area contributed by atoms with E-state index >= 15 is 0 Å². The van der Waals surface area contributed by atoms with E-state index in [-0.39, 0.29) is 17.9 Å². The standard InChI is InChI=1S/C34H51N3O5S/c1-22(2)11-13-25(5)37(32(39)29(19-20-43-10)36-33(40)42-34(6,7)8)30(28-18-12-23(3)21-24(28)4)31(38)35-26-14-16-27(41-9)17-15-26/h12,14-18,21-22,25,29-30H,11,13,19-20H2,1-10H3,(H,35,38)(H,36,40). The predicted molar refractivity (Wildman–Crippen MR) is 177 cm³/mol. The second kappa shape index (κ2) is 16.6. The Morgan fingerprint density at radius 2 is 1.60 bits per heavy atom. The molecule has 0 aromatic heterocycles. The molecule has 9 heteroatoms. The molecule has 0 aliphatic rings. The fourth-order valence-electron chi connectivity index (χ4n) is 4.87. The molecule has 2 N–H and O–H groups in total. The van der Waals surface area contributed by atoms with Crippen LogP contribution < -0.4 is 15.4 Å². The molecular formula is C34H51N3O5S. The van der Waals surface area contributed by atoms with Gasteiger partial charge in [0.15, 0.2) is 0 Å². The molecule has 2 aromatic carbocycles. The summed E-state index contributed by atoms with van der Waals surface area (Å²) in [5.74, 6) is 1.09. The second-order valence-electron chi connectivity index (χ2n) is 12.5. The number of nitrogens with one attached hydrogen (secondary N) is 2. The Hall–Kier alpha value is -3.20. The number of aryl methyl sites for hydroxylation is 2. The van der Waals surface area contributed by atoms with E-state index in [0.29, 0.717) is 35.9 Å². The number of carbonyl (C=O) groups is 3. The quantitative estimate of drug-likeness (QED) is 0.232. The molecule has 0 radical (unpaired) electrons. The monoisotopic (exact) mass is 613 g/mol. The molecule has 0 fully saturated rings. The third kappa shape index (κ3) is 11.4. The fraction of sp³-hybridized carbons (Fsp3) is 0.559. The van der Waals surface area contributed by atoms with Crippen molar-refractivity contribution in [3.05, 3.63) is 59.2 Å². The van der Waals surface area contributed by atoms with Gasteiger partial charge in [-0.15, -0.1) is 0 Å². The number of ether oxygens (including phenoxy) is 2. The molecule has 0 saturated carbocycles. The fourth-order valence-corrected chi connectivity index (χ4v) is 5.34. The topological polar surface area (TPSA) is 97.0 Å². The van der Waals surface area contributed by atoms with Crippen molar-refractivity contribution in [3.63, 3.8) is 0 Å². The van der Waals surface area contributed by atoms with Crippen molar-refractivity contribution >= 4 is 35.4 Å². The molecule has 0 saturated heterocycles. The van der Waals surface area contributed by atoms with Crippen LogP contribution in [0.25, 0.3) is 0 Å². The number of methoxy groups -OCH3 is 1. The van der Waals surface area contributed by atoms with Crippen LogP contribution >= 0.6 is 11.8 Å². The Kier molecular flexibility index (Phi) is 13.9. The summed E-state index contributed by atoms with van der Waals surface area (Å²) >= 11 is 1.59. The van der Waals surface area contributed by atoms with E-state index in [1.807, 2.05) is 45.2 Å². The first-order valence-electron chi connectivity index (χ1n) is 15.0. The summed E-state index contributed by atoms with van der Waals surface area (Å²) in [7, 11) is 1.59. The lowest BCUT2D eigenvalue weighted by atomic mass is 9.93. The number of thioether (sulfide) groups is 1. The normalized spacial score (nSPS) is 13.6. The molecule has 3 atom stereocenters. The number of anilines is 1. The van der Waals surface area contributed by atoms with E-state index < -0.39 is 23.8 Å². The average Bonchev–Trinajstić information content (AvgIpc) is 2.92. The zero-order valence-electron chi connectivity index (χ0n) is 27.6. The van der Waals surface area contributed by atoms with Crippen LogP contribution in [0.5, 0.6) is 5.75 Å². The first kappa shape index (κ1) is 36.0. The minimum absolute atomic E-state index is 0.292. The Balaban J connectivity index is 2.65. The number of nitrogens with zero attached hydrogens (tertiary/aromatic N) is 1. The molecule has 2 aromatic rings. The van der Waals surface area contributed by atoms with E-state index in [1.165, 1.54) is 0 Å². The van der Waals surface area contributed by atoms with Crippen molar-refractivity contribution in [1.82, 2.24) is 10.2 Å². The second-order valence-corrected chi connectivity index (χ2v) is 13.5. The van der Waals surface area contributed by atoms with Gasteiger partial charge in [-0.05, 0) is 114 Å². The highest BCUT2D eigenvalue weighted by atomic mass is 32.2. The van der Waals surface area contributed by atoms with Crippen LogP contribution in [0.3, 0.4) is 0 Å². The van der Waals surface area contributed by atoms with Gasteiger partial charge < -0.3 is 25.0 Å². The maximum absolute atomic E-state index is 14.6. The van der Waals surface area contributed by atoms with Crippen molar-refractivity contribution in [3.8, 4) is 5.75 Å². The number of rotatable bonds is 14. The van der Waals surface area contributed by atoms with Gasteiger partial charge in [0.2, 0.25) is 5.91 Å². The zero-order chi connectivity index (χ0) is 32.3. The maximum atomic E-state index is 14.6. The van der Waals surface area contributed by atoms with E-state index in [9.17, 15) is 14.4 Å². The average molecular weight is 614 g/mol. The largest absolute Gasteiger partial charge is 0.497 e. The lowest BCUT2D eigenvalue weighted by Crippen LogP contribution is -2.55. The van der Waals surface area contributed by atoms with Gasteiger partial charge >= 0.3 is 6.09 Å². The first-order valence-corrected chi connectivity index (χ1v) is 16.4. The molecule has 2 rings (SSSR count). The summed E-state index contributed by atoms with van der Waals surface area (Å²) in [6, 6.07) is 10.9.